The first-order valence-corrected chi connectivity index (χ1v) is 8.34. The van der Waals surface area contributed by atoms with Gasteiger partial charge in [-0.25, -0.2) is 0 Å². The average Bonchev–Trinajstić information content (AvgIpc) is 3.12. The Morgan fingerprint density at radius 2 is 1.36 bits per heavy atom. The minimum Gasteiger partial charge on any atom is -0.307 e. The molecule has 0 radical (unpaired) electrons. The van der Waals surface area contributed by atoms with Crippen LogP contribution in [0.5, 0.6) is 0 Å². The lowest BCUT2D eigenvalue weighted by Crippen LogP contribution is -2.30. The summed E-state index contributed by atoms with van der Waals surface area (Å²) in [6.07, 6.45) is 0.768. The molecule has 1 heterocycles. The molecule has 0 aliphatic carbocycles. The summed E-state index contributed by atoms with van der Waals surface area (Å²) in [4.78, 5) is 27.6. The third kappa shape index (κ3) is 2.74. The molecule has 0 fully saturated rings. The summed E-state index contributed by atoms with van der Waals surface area (Å²) in [7, 11) is 0. The summed E-state index contributed by atoms with van der Waals surface area (Å²) < 4.78 is 0. The van der Waals surface area contributed by atoms with Crippen LogP contribution in [0.3, 0.4) is 0 Å². The molecule has 0 atom stereocenters. The molecule has 3 aromatic carbocycles. The summed E-state index contributed by atoms with van der Waals surface area (Å²) in [6, 6.07) is 24.1. The van der Waals surface area contributed by atoms with Crippen molar-refractivity contribution in [1.29, 1.82) is 0 Å². The topological polar surface area (TPSA) is 37.4 Å². The van der Waals surface area contributed by atoms with Gasteiger partial charge in [0.25, 0.3) is 5.91 Å². The minimum atomic E-state index is -0.0624. The molecule has 3 nitrogen and oxygen atoms in total. The number of nitrogens with zero attached hydrogens (tertiary/aromatic N) is 1. The van der Waals surface area contributed by atoms with Gasteiger partial charge in [-0.1, -0.05) is 60.7 Å². The molecule has 1 aliphatic heterocycles. The van der Waals surface area contributed by atoms with Gasteiger partial charge in [0, 0.05) is 23.2 Å². The number of carbonyl (C=O) groups excluding carboxylic acids is 2. The standard InChI is InChI=1S/C22H17NO2/c24-21(17-8-3-1-4-9-17)19-13-7-12-16-14-15-23(20(16)19)22(25)18-10-5-2-6-11-18/h1-13H,14-15H2. The van der Waals surface area contributed by atoms with E-state index in [0.29, 0.717) is 23.2 Å². The molecule has 0 aromatic heterocycles. The Hall–Kier alpha value is -3.20. The van der Waals surface area contributed by atoms with Crippen LogP contribution in [0.25, 0.3) is 0 Å². The van der Waals surface area contributed by atoms with Crippen LogP contribution in [-0.2, 0) is 6.42 Å². The second kappa shape index (κ2) is 6.36. The highest BCUT2D eigenvalue weighted by Crippen LogP contribution is 2.34. The Bertz CT molecular complexity index is 933. The minimum absolute atomic E-state index is 0.0507. The van der Waals surface area contributed by atoms with Gasteiger partial charge in [0.1, 0.15) is 0 Å². The molecule has 3 heteroatoms. The molecule has 122 valence electrons. The second-order valence-electron chi connectivity index (χ2n) is 6.08. The maximum absolute atomic E-state index is 13.0. The molecule has 4 rings (SSSR count). The SMILES string of the molecule is O=C(c1ccccc1)c1cccc2c1N(C(=O)c1ccccc1)CC2. The number of amides is 1. The Morgan fingerprint density at radius 3 is 2.04 bits per heavy atom. The molecule has 3 aromatic rings. The fraction of sp³-hybridized carbons (Fsp3) is 0.0909. The smallest absolute Gasteiger partial charge is 0.258 e. The lowest BCUT2D eigenvalue weighted by molar-refractivity contribution is 0.0989. The van der Waals surface area contributed by atoms with Crippen LogP contribution < -0.4 is 4.90 Å². The Morgan fingerprint density at radius 1 is 0.720 bits per heavy atom. The van der Waals surface area contributed by atoms with Crippen molar-refractivity contribution in [3.63, 3.8) is 0 Å². The van der Waals surface area contributed by atoms with Crippen LogP contribution in [0.15, 0.2) is 78.9 Å². The van der Waals surface area contributed by atoms with Crippen molar-refractivity contribution >= 4 is 17.4 Å². The van der Waals surface area contributed by atoms with Gasteiger partial charge >= 0.3 is 0 Å². The number of ketones is 1. The van der Waals surface area contributed by atoms with Crippen LogP contribution in [0, 0.1) is 0 Å². The third-order valence-corrected chi connectivity index (χ3v) is 4.54. The van der Waals surface area contributed by atoms with Crippen LogP contribution in [0.4, 0.5) is 5.69 Å². The van der Waals surface area contributed by atoms with E-state index in [1.165, 1.54) is 0 Å². The van der Waals surface area contributed by atoms with E-state index in [1.54, 1.807) is 17.0 Å². The van der Waals surface area contributed by atoms with Gasteiger partial charge in [0.05, 0.1) is 5.69 Å². The number of carbonyl (C=O) groups is 2. The van der Waals surface area contributed by atoms with E-state index in [1.807, 2.05) is 66.7 Å². The first-order valence-electron chi connectivity index (χ1n) is 8.34. The van der Waals surface area contributed by atoms with Crippen molar-refractivity contribution in [3.8, 4) is 0 Å². The van der Waals surface area contributed by atoms with Crippen molar-refractivity contribution in [1.82, 2.24) is 0 Å². The van der Waals surface area contributed by atoms with Gasteiger partial charge < -0.3 is 4.90 Å². The third-order valence-electron chi connectivity index (χ3n) is 4.54. The van der Waals surface area contributed by atoms with Gasteiger partial charge in [-0.2, -0.15) is 0 Å². The monoisotopic (exact) mass is 327 g/mol. The van der Waals surface area contributed by atoms with Gasteiger partial charge in [-0.3, -0.25) is 9.59 Å². The normalized spacial score (nSPS) is 12.7. The molecule has 1 aliphatic rings. The van der Waals surface area contributed by atoms with E-state index in [-0.39, 0.29) is 11.7 Å². The van der Waals surface area contributed by atoms with Gasteiger partial charge in [-0.15, -0.1) is 0 Å². The van der Waals surface area contributed by atoms with E-state index in [9.17, 15) is 9.59 Å². The Labute approximate surface area is 146 Å². The molecule has 0 unspecified atom stereocenters. The molecule has 0 bridgehead atoms. The number of para-hydroxylation sites is 1. The van der Waals surface area contributed by atoms with Crippen LogP contribution in [0.1, 0.15) is 31.8 Å². The lowest BCUT2D eigenvalue weighted by atomic mass is 9.99. The molecule has 0 saturated heterocycles. The highest BCUT2D eigenvalue weighted by atomic mass is 16.2. The Kier molecular flexibility index (Phi) is 3.90. The highest BCUT2D eigenvalue weighted by molar-refractivity contribution is 6.17. The molecular formula is C22H17NO2. The van der Waals surface area contributed by atoms with Gasteiger partial charge in [0.2, 0.25) is 0 Å². The lowest BCUT2D eigenvalue weighted by Gasteiger charge is -2.20. The zero-order valence-corrected chi connectivity index (χ0v) is 13.7. The first kappa shape index (κ1) is 15.3. The predicted molar refractivity (Wildman–Crippen MR) is 98.1 cm³/mol. The quantitative estimate of drug-likeness (QED) is 0.679. The van der Waals surface area contributed by atoms with E-state index >= 15 is 0 Å². The Balaban J connectivity index is 1.77. The molecule has 0 saturated carbocycles. The largest absolute Gasteiger partial charge is 0.307 e. The number of benzene rings is 3. The fourth-order valence-electron chi connectivity index (χ4n) is 3.32. The van der Waals surface area contributed by atoms with Crippen molar-refractivity contribution in [3.05, 3.63) is 101 Å². The molecule has 0 spiro atoms. The zero-order valence-electron chi connectivity index (χ0n) is 13.7. The van der Waals surface area contributed by atoms with Crippen molar-refractivity contribution < 1.29 is 9.59 Å². The van der Waals surface area contributed by atoms with Crippen LogP contribution in [0.2, 0.25) is 0 Å². The summed E-state index contributed by atoms with van der Waals surface area (Å²) in [6.45, 7) is 0.599. The maximum Gasteiger partial charge on any atom is 0.258 e. The summed E-state index contributed by atoms with van der Waals surface area (Å²) >= 11 is 0. The van der Waals surface area contributed by atoms with Crippen LogP contribution >= 0.6 is 0 Å². The van der Waals surface area contributed by atoms with Crippen molar-refractivity contribution in [2.75, 3.05) is 11.4 Å². The summed E-state index contributed by atoms with van der Waals surface area (Å²) in [5.41, 5.74) is 3.66. The highest BCUT2D eigenvalue weighted by Gasteiger charge is 2.30. The number of hydrogen-bond acceptors (Lipinski definition) is 2. The van der Waals surface area contributed by atoms with E-state index in [4.69, 9.17) is 0 Å². The molecule has 25 heavy (non-hydrogen) atoms. The predicted octanol–water partition coefficient (Wildman–Crippen LogP) is 4.12. The number of anilines is 1. The summed E-state index contributed by atoms with van der Waals surface area (Å²) in [5.74, 6) is -0.113. The fourth-order valence-corrected chi connectivity index (χ4v) is 3.32. The van der Waals surface area contributed by atoms with Gasteiger partial charge in [-0.05, 0) is 30.2 Å². The van der Waals surface area contributed by atoms with Crippen LogP contribution in [-0.4, -0.2) is 18.2 Å². The van der Waals surface area contributed by atoms with Gasteiger partial charge in [0.15, 0.2) is 5.78 Å². The van der Waals surface area contributed by atoms with E-state index in [2.05, 4.69) is 0 Å². The number of hydrogen-bond donors (Lipinski definition) is 0. The average molecular weight is 327 g/mol. The van der Waals surface area contributed by atoms with E-state index < -0.39 is 0 Å². The summed E-state index contributed by atoms with van der Waals surface area (Å²) in [5, 5.41) is 0. The molecule has 0 N–H and O–H groups in total. The van der Waals surface area contributed by atoms with Crippen molar-refractivity contribution in [2.45, 2.75) is 6.42 Å². The molecular weight excluding hydrogens is 310 g/mol. The first-order chi connectivity index (χ1) is 12.3. The second-order valence-corrected chi connectivity index (χ2v) is 6.08. The number of rotatable bonds is 3. The van der Waals surface area contributed by atoms with E-state index in [0.717, 1.165) is 17.7 Å². The maximum atomic E-state index is 13.0. The van der Waals surface area contributed by atoms with Crippen molar-refractivity contribution in [2.24, 2.45) is 0 Å². The molecule has 1 amide bonds. The zero-order chi connectivity index (χ0) is 17.2. The number of fused-ring (bicyclic) bond motifs is 1.